The van der Waals surface area contributed by atoms with Gasteiger partial charge in [0.15, 0.2) is 0 Å². The lowest BCUT2D eigenvalue weighted by Gasteiger charge is -2.15. The number of carbonyl (C=O) groups is 1. The summed E-state index contributed by atoms with van der Waals surface area (Å²) < 4.78 is 5.19. The number of hydrogen-bond donors (Lipinski definition) is 1. The smallest absolute Gasteiger partial charge is 0.304 e. The second-order valence-corrected chi connectivity index (χ2v) is 3.46. The maximum absolute atomic E-state index is 10.6. The van der Waals surface area contributed by atoms with Crippen LogP contribution >= 0.6 is 0 Å². The molecular weight excluding hydrogens is 168 g/mol. The molecule has 0 aliphatic rings. The molecule has 1 rings (SSSR count). The normalized spacial score (nSPS) is 13.2. The summed E-state index contributed by atoms with van der Waals surface area (Å²) in [4.78, 5) is 10.6. The van der Waals surface area contributed by atoms with Crippen LogP contribution in [0.1, 0.15) is 31.9 Å². The number of furan rings is 1. The molecular formula is C10H14O3. The monoisotopic (exact) mass is 182 g/mol. The minimum absolute atomic E-state index is 0.0208. The second kappa shape index (κ2) is 4.12. The van der Waals surface area contributed by atoms with Crippen LogP contribution in [-0.4, -0.2) is 11.1 Å². The summed E-state index contributed by atoms with van der Waals surface area (Å²) >= 11 is 0. The summed E-state index contributed by atoms with van der Waals surface area (Å²) in [5.41, 5.74) is 0. The number of carboxylic acids is 1. The third-order valence-corrected chi connectivity index (χ3v) is 2.11. The van der Waals surface area contributed by atoms with E-state index in [1.807, 2.05) is 19.9 Å². The van der Waals surface area contributed by atoms with Crippen molar-refractivity contribution in [2.75, 3.05) is 0 Å². The first kappa shape index (κ1) is 9.84. The fourth-order valence-electron chi connectivity index (χ4n) is 1.36. The van der Waals surface area contributed by atoms with Crippen molar-refractivity contribution in [3.63, 3.8) is 0 Å². The molecule has 0 aliphatic heterocycles. The van der Waals surface area contributed by atoms with E-state index in [4.69, 9.17) is 9.52 Å². The summed E-state index contributed by atoms with van der Waals surface area (Å²) in [7, 11) is 0. The second-order valence-electron chi connectivity index (χ2n) is 3.46. The van der Waals surface area contributed by atoms with Crippen LogP contribution in [0.25, 0.3) is 0 Å². The van der Waals surface area contributed by atoms with Gasteiger partial charge in [-0.25, -0.2) is 0 Å². The lowest BCUT2D eigenvalue weighted by molar-refractivity contribution is -0.137. The summed E-state index contributed by atoms with van der Waals surface area (Å²) in [6.07, 6.45) is 1.71. The maximum Gasteiger partial charge on any atom is 0.304 e. The molecule has 1 aromatic rings. The van der Waals surface area contributed by atoms with E-state index in [2.05, 4.69) is 0 Å². The van der Waals surface area contributed by atoms with E-state index in [0.717, 1.165) is 5.76 Å². The SMILES string of the molecule is CC(C)[C@H](CC(=O)O)c1ccco1. The molecule has 0 spiro atoms. The molecule has 0 amide bonds. The van der Waals surface area contributed by atoms with Gasteiger partial charge in [0, 0.05) is 5.92 Å². The Bertz CT molecular complexity index is 262. The fraction of sp³-hybridized carbons (Fsp3) is 0.500. The number of carboxylic acid groups (broad SMARTS) is 1. The van der Waals surface area contributed by atoms with Crippen molar-refractivity contribution >= 4 is 5.97 Å². The van der Waals surface area contributed by atoms with Gasteiger partial charge in [-0.2, -0.15) is 0 Å². The molecule has 1 aromatic heterocycles. The van der Waals surface area contributed by atoms with E-state index < -0.39 is 5.97 Å². The van der Waals surface area contributed by atoms with E-state index in [0.29, 0.717) is 0 Å². The molecule has 0 aromatic carbocycles. The molecule has 0 unspecified atom stereocenters. The molecule has 0 radical (unpaired) electrons. The van der Waals surface area contributed by atoms with Gasteiger partial charge in [-0.15, -0.1) is 0 Å². The average Bonchev–Trinajstić information content (AvgIpc) is 2.50. The van der Waals surface area contributed by atoms with Crippen LogP contribution in [0.15, 0.2) is 22.8 Å². The summed E-state index contributed by atoms with van der Waals surface area (Å²) in [5.74, 6) is 0.238. The highest BCUT2D eigenvalue weighted by atomic mass is 16.4. The first-order chi connectivity index (χ1) is 6.11. The zero-order chi connectivity index (χ0) is 9.84. The molecule has 0 fully saturated rings. The van der Waals surface area contributed by atoms with Gasteiger partial charge in [0.2, 0.25) is 0 Å². The molecule has 3 heteroatoms. The Balaban J connectivity index is 2.74. The lowest BCUT2D eigenvalue weighted by Crippen LogP contribution is -2.11. The molecule has 0 aliphatic carbocycles. The Labute approximate surface area is 77.4 Å². The molecule has 3 nitrogen and oxygen atoms in total. The van der Waals surface area contributed by atoms with Crippen molar-refractivity contribution in [1.29, 1.82) is 0 Å². The van der Waals surface area contributed by atoms with Gasteiger partial charge in [-0.1, -0.05) is 13.8 Å². The zero-order valence-electron chi connectivity index (χ0n) is 7.86. The topological polar surface area (TPSA) is 50.4 Å². The molecule has 0 saturated heterocycles. The predicted octanol–water partition coefficient (Wildman–Crippen LogP) is 2.49. The minimum atomic E-state index is -0.782. The van der Waals surface area contributed by atoms with Crippen molar-refractivity contribution in [2.24, 2.45) is 5.92 Å². The predicted molar refractivity (Wildman–Crippen MR) is 48.5 cm³/mol. The first-order valence-corrected chi connectivity index (χ1v) is 4.36. The lowest BCUT2D eigenvalue weighted by atomic mass is 9.90. The highest BCUT2D eigenvalue weighted by molar-refractivity contribution is 5.67. The summed E-state index contributed by atoms with van der Waals surface area (Å²) in [5, 5.41) is 8.69. The Morgan fingerprint density at radius 2 is 2.31 bits per heavy atom. The molecule has 0 saturated carbocycles. The standard InChI is InChI=1S/C10H14O3/c1-7(2)8(6-10(11)12)9-4-3-5-13-9/h3-5,7-8H,6H2,1-2H3,(H,11,12)/t8-/m0/s1. The van der Waals surface area contributed by atoms with E-state index in [-0.39, 0.29) is 18.3 Å². The molecule has 13 heavy (non-hydrogen) atoms. The Hall–Kier alpha value is -1.25. The van der Waals surface area contributed by atoms with Crippen molar-refractivity contribution in [1.82, 2.24) is 0 Å². The third kappa shape index (κ3) is 2.61. The highest BCUT2D eigenvalue weighted by Gasteiger charge is 2.21. The Morgan fingerprint density at radius 3 is 2.69 bits per heavy atom. The molecule has 72 valence electrons. The third-order valence-electron chi connectivity index (χ3n) is 2.11. The van der Waals surface area contributed by atoms with Gasteiger partial charge >= 0.3 is 5.97 Å². The van der Waals surface area contributed by atoms with E-state index in [9.17, 15) is 4.79 Å². The van der Waals surface area contributed by atoms with Crippen LogP contribution < -0.4 is 0 Å². The van der Waals surface area contributed by atoms with Gasteiger partial charge in [0.1, 0.15) is 5.76 Å². The quantitative estimate of drug-likeness (QED) is 0.778. The van der Waals surface area contributed by atoms with Crippen LogP contribution in [0.3, 0.4) is 0 Å². The largest absolute Gasteiger partial charge is 0.481 e. The van der Waals surface area contributed by atoms with Gasteiger partial charge in [0.25, 0.3) is 0 Å². The van der Waals surface area contributed by atoms with Crippen LogP contribution in [-0.2, 0) is 4.79 Å². The van der Waals surface area contributed by atoms with Gasteiger partial charge in [-0.05, 0) is 18.1 Å². The summed E-state index contributed by atoms with van der Waals surface area (Å²) in [6, 6.07) is 3.61. The maximum atomic E-state index is 10.6. The van der Waals surface area contributed by atoms with Gasteiger partial charge < -0.3 is 9.52 Å². The van der Waals surface area contributed by atoms with Crippen LogP contribution in [0.5, 0.6) is 0 Å². The highest BCUT2D eigenvalue weighted by Crippen LogP contribution is 2.27. The zero-order valence-corrected chi connectivity index (χ0v) is 7.86. The molecule has 1 heterocycles. The number of aliphatic carboxylic acids is 1. The Kier molecular flexibility index (Phi) is 3.12. The number of hydrogen-bond acceptors (Lipinski definition) is 2. The Morgan fingerprint density at radius 1 is 1.62 bits per heavy atom. The number of rotatable bonds is 4. The molecule has 1 atom stereocenters. The van der Waals surface area contributed by atoms with Crippen LogP contribution in [0.2, 0.25) is 0 Å². The van der Waals surface area contributed by atoms with Crippen molar-refractivity contribution < 1.29 is 14.3 Å². The summed E-state index contributed by atoms with van der Waals surface area (Å²) in [6.45, 7) is 3.99. The van der Waals surface area contributed by atoms with Gasteiger partial charge in [0.05, 0.1) is 12.7 Å². The van der Waals surface area contributed by atoms with Gasteiger partial charge in [-0.3, -0.25) is 4.79 Å². The minimum Gasteiger partial charge on any atom is -0.481 e. The van der Waals surface area contributed by atoms with Crippen molar-refractivity contribution in [3.8, 4) is 0 Å². The van der Waals surface area contributed by atoms with Crippen LogP contribution in [0.4, 0.5) is 0 Å². The fourth-order valence-corrected chi connectivity index (χ4v) is 1.36. The average molecular weight is 182 g/mol. The molecule has 1 N–H and O–H groups in total. The van der Waals surface area contributed by atoms with Crippen LogP contribution in [0, 0.1) is 5.92 Å². The van der Waals surface area contributed by atoms with E-state index >= 15 is 0 Å². The molecule has 0 bridgehead atoms. The van der Waals surface area contributed by atoms with E-state index in [1.165, 1.54) is 0 Å². The van der Waals surface area contributed by atoms with E-state index in [1.54, 1.807) is 12.3 Å². The van der Waals surface area contributed by atoms with Crippen molar-refractivity contribution in [2.45, 2.75) is 26.2 Å². The first-order valence-electron chi connectivity index (χ1n) is 4.36. The van der Waals surface area contributed by atoms with Crippen molar-refractivity contribution in [3.05, 3.63) is 24.2 Å².